The van der Waals surface area contributed by atoms with Gasteiger partial charge in [0.05, 0.1) is 21.8 Å². The molecule has 0 spiro atoms. The lowest BCUT2D eigenvalue weighted by molar-refractivity contribution is 0.520. The first-order valence-corrected chi connectivity index (χ1v) is 8.11. The molecule has 4 rings (SSSR count). The van der Waals surface area contributed by atoms with Crippen molar-refractivity contribution in [3.05, 3.63) is 40.0 Å². The Hall–Kier alpha value is -1.99. The third-order valence-corrected chi connectivity index (χ3v) is 5.16. The van der Waals surface area contributed by atoms with E-state index in [1.54, 1.807) is 22.2 Å². The fraction of sp³-hybridized carbons (Fsp3) is 0.286. The number of aryl methyl sites for hydroxylation is 1. The van der Waals surface area contributed by atoms with E-state index in [0.29, 0.717) is 10.8 Å². The van der Waals surface area contributed by atoms with Crippen LogP contribution in [0.2, 0.25) is 5.02 Å². The minimum absolute atomic E-state index is 0.0974. The average molecular weight is 333 g/mol. The fourth-order valence-electron chi connectivity index (χ4n) is 2.59. The van der Waals surface area contributed by atoms with Gasteiger partial charge >= 0.3 is 0 Å². The van der Waals surface area contributed by atoms with Crippen molar-refractivity contribution in [2.75, 3.05) is 0 Å². The second-order valence-corrected chi connectivity index (χ2v) is 6.50. The van der Waals surface area contributed by atoms with Crippen molar-refractivity contribution < 1.29 is 0 Å². The molecule has 4 aromatic rings. The third kappa shape index (κ3) is 1.85. The summed E-state index contributed by atoms with van der Waals surface area (Å²) in [6.45, 7) is 5.87. The lowest BCUT2D eigenvalue weighted by Gasteiger charge is -2.10. The maximum atomic E-state index is 6.23. The number of hydrogen-bond donors (Lipinski definition) is 0. The van der Waals surface area contributed by atoms with Crippen molar-refractivity contribution in [3.8, 4) is 0 Å². The number of rotatable bonds is 2. The standard InChI is InChI=1S/C14H13ClN6S/c1-7-11(15)8(2)21(18-7)9(3)12-17-13-10-4-5-22-14(10)16-6-20(13)19-12/h4-6,9H,1-3H3. The molecule has 1 unspecified atom stereocenters. The van der Waals surface area contributed by atoms with Crippen LogP contribution in [0.4, 0.5) is 0 Å². The van der Waals surface area contributed by atoms with Gasteiger partial charge in [-0.2, -0.15) is 5.10 Å². The minimum Gasteiger partial charge on any atom is -0.258 e. The summed E-state index contributed by atoms with van der Waals surface area (Å²) in [5, 5.41) is 12.8. The quantitative estimate of drug-likeness (QED) is 0.564. The van der Waals surface area contributed by atoms with Crippen LogP contribution in [0, 0.1) is 13.8 Å². The molecule has 0 aliphatic rings. The molecule has 4 aromatic heterocycles. The van der Waals surface area contributed by atoms with Gasteiger partial charge in [-0.1, -0.05) is 11.6 Å². The largest absolute Gasteiger partial charge is 0.258 e. The lowest BCUT2D eigenvalue weighted by atomic mass is 10.3. The number of thiophene rings is 1. The normalized spacial score (nSPS) is 13.3. The summed E-state index contributed by atoms with van der Waals surface area (Å²) < 4.78 is 3.58. The van der Waals surface area contributed by atoms with Gasteiger partial charge in [0.1, 0.15) is 17.2 Å². The lowest BCUT2D eigenvalue weighted by Crippen LogP contribution is -2.12. The molecule has 0 aliphatic carbocycles. The predicted octanol–water partition coefficient (Wildman–Crippen LogP) is 3.42. The van der Waals surface area contributed by atoms with Gasteiger partial charge in [0, 0.05) is 0 Å². The maximum absolute atomic E-state index is 6.23. The number of nitrogens with zero attached hydrogens (tertiary/aromatic N) is 6. The highest BCUT2D eigenvalue weighted by molar-refractivity contribution is 7.16. The highest BCUT2D eigenvalue weighted by Gasteiger charge is 2.20. The molecule has 0 bridgehead atoms. The van der Waals surface area contributed by atoms with Crippen molar-refractivity contribution >= 4 is 38.8 Å². The second-order valence-electron chi connectivity index (χ2n) is 5.23. The monoisotopic (exact) mass is 332 g/mol. The van der Waals surface area contributed by atoms with Crippen molar-refractivity contribution in [1.29, 1.82) is 0 Å². The van der Waals surface area contributed by atoms with Crippen molar-refractivity contribution in [1.82, 2.24) is 29.4 Å². The zero-order valence-corrected chi connectivity index (χ0v) is 13.9. The van der Waals surface area contributed by atoms with Crippen molar-refractivity contribution in [2.24, 2.45) is 0 Å². The van der Waals surface area contributed by atoms with Crippen molar-refractivity contribution in [2.45, 2.75) is 26.8 Å². The van der Waals surface area contributed by atoms with Crippen LogP contribution < -0.4 is 0 Å². The van der Waals surface area contributed by atoms with E-state index in [1.165, 1.54) is 0 Å². The van der Waals surface area contributed by atoms with Crippen LogP contribution in [0.25, 0.3) is 15.9 Å². The molecular formula is C14H13ClN6S. The van der Waals surface area contributed by atoms with E-state index in [2.05, 4.69) is 20.2 Å². The van der Waals surface area contributed by atoms with Gasteiger partial charge < -0.3 is 0 Å². The molecule has 22 heavy (non-hydrogen) atoms. The van der Waals surface area contributed by atoms with Crippen molar-refractivity contribution in [3.63, 3.8) is 0 Å². The molecule has 112 valence electrons. The molecule has 4 heterocycles. The van der Waals surface area contributed by atoms with E-state index in [-0.39, 0.29) is 6.04 Å². The number of hydrogen-bond acceptors (Lipinski definition) is 5. The Morgan fingerprint density at radius 1 is 1.27 bits per heavy atom. The number of fused-ring (bicyclic) bond motifs is 3. The molecule has 0 saturated heterocycles. The Balaban J connectivity index is 1.87. The van der Waals surface area contributed by atoms with Gasteiger partial charge in [-0.3, -0.25) is 4.68 Å². The van der Waals surface area contributed by atoms with E-state index in [1.807, 2.05) is 36.9 Å². The van der Waals surface area contributed by atoms with Gasteiger partial charge in [-0.15, -0.1) is 16.4 Å². The maximum Gasteiger partial charge on any atom is 0.176 e. The van der Waals surface area contributed by atoms with E-state index in [0.717, 1.165) is 27.3 Å². The van der Waals surface area contributed by atoms with E-state index >= 15 is 0 Å². The van der Waals surface area contributed by atoms with Crippen LogP contribution in [0.3, 0.4) is 0 Å². The molecule has 0 N–H and O–H groups in total. The SMILES string of the molecule is Cc1nn(C(C)c2nc3c4ccsc4ncn3n2)c(C)c1Cl. The summed E-state index contributed by atoms with van der Waals surface area (Å²) in [5.74, 6) is 0.697. The molecular weight excluding hydrogens is 320 g/mol. The number of aromatic nitrogens is 6. The summed E-state index contributed by atoms with van der Waals surface area (Å²) in [5.41, 5.74) is 2.56. The Kier molecular flexibility index (Phi) is 2.95. The average Bonchev–Trinajstić information content (AvgIpc) is 3.19. The molecule has 0 aliphatic heterocycles. The molecule has 0 saturated carbocycles. The Labute approximate surface area is 135 Å². The van der Waals surface area contributed by atoms with Gasteiger partial charge in [-0.25, -0.2) is 14.5 Å². The zero-order chi connectivity index (χ0) is 15.4. The smallest absolute Gasteiger partial charge is 0.176 e. The van der Waals surface area contributed by atoms with Crippen LogP contribution in [0.1, 0.15) is 30.2 Å². The highest BCUT2D eigenvalue weighted by Crippen LogP contribution is 2.26. The van der Waals surface area contributed by atoms with E-state index in [4.69, 9.17) is 11.6 Å². The Morgan fingerprint density at radius 2 is 2.09 bits per heavy atom. The zero-order valence-electron chi connectivity index (χ0n) is 12.3. The second kappa shape index (κ2) is 4.76. The minimum atomic E-state index is -0.0974. The molecule has 1 atom stereocenters. The highest BCUT2D eigenvalue weighted by atomic mass is 35.5. The van der Waals surface area contributed by atoms with Crippen LogP contribution in [-0.2, 0) is 0 Å². The van der Waals surface area contributed by atoms with Gasteiger partial charge in [0.25, 0.3) is 0 Å². The van der Waals surface area contributed by atoms with Crippen LogP contribution in [0.5, 0.6) is 0 Å². The fourth-order valence-corrected chi connectivity index (χ4v) is 3.44. The summed E-state index contributed by atoms with van der Waals surface area (Å²) >= 11 is 7.83. The topological polar surface area (TPSA) is 60.9 Å². The van der Waals surface area contributed by atoms with Crippen LogP contribution >= 0.6 is 22.9 Å². The first-order chi connectivity index (χ1) is 10.6. The van der Waals surface area contributed by atoms with Crippen LogP contribution in [0.15, 0.2) is 17.8 Å². The van der Waals surface area contributed by atoms with E-state index in [9.17, 15) is 0 Å². The van der Waals surface area contributed by atoms with Crippen LogP contribution in [-0.4, -0.2) is 29.4 Å². The summed E-state index contributed by atoms with van der Waals surface area (Å²) in [6, 6.07) is 1.92. The molecule has 0 fully saturated rings. The summed E-state index contributed by atoms with van der Waals surface area (Å²) in [7, 11) is 0. The summed E-state index contributed by atoms with van der Waals surface area (Å²) in [4.78, 5) is 10.0. The first kappa shape index (κ1) is 13.7. The molecule has 0 amide bonds. The molecule has 0 aromatic carbocycles. The van der Waals surface area contributed by atoms with Gasteiger partial charge in [-0.05, 0) is 32.2 Å². The van der Waals surface area contributed by atoms with Gasteiger partial charge in [0.2, 0.25) is 0 Å². The first-order valence-electron chi connectivity index (χ1n) is 6.86. The Morgan fingerprint density at radius 3 is 2.82 bits per heavy atom. The molecule has 8 heteroatoms. The summed E-state index contributed by atoms with van der Waals surface area (Å²) in [6.07, 6.45) is 1.70. The van der Waals surface area contributed by atoms with E-state index < -0.39 is 0 Å². The van der Waals surface area contributed by atoms with Gasteiger partial charge in [0.15, 0.2) is 11.5 Å². The third-order valence-electron chi connectivity index (χ3n) is 3.79. The number of halogens is 1. The molecule has 6 nitrogen and oxygen atoms in total. The molecule has 0 radical (unpaired) electrons. The Bertz CT molecular complexity index is 998. The predicted molar refractivity (Wildman–Crippen MR) is 86.7 cm³/mol.